The molecule has 25 heavy (non-hydrogen) atoms. The molecule has 0 saturated carbocycles. The van der Waals surface area contributed by atoms with E-state index in [1.165, 1.54) is 63.7 Å². The molecule has 1 aromatic carbocycles. The molecule has 1 aromatic rings. The summed E-state index contributed by atoms with van der Waals surface area (Å²) in [5.74, 6) is 0.981. The molecular formula is C20H35IN4. The van der Waals surface area contributed by atoms with Gasteiger partial charge in [0.15, 0.2) is 5.96 Å². The molecular weight excluding hydrogens is 423 g/mol. The SMILES string of the molecule is CN=C(NCCCCCN1CCCCC1)N(C)Cc1ccccc1.I. The molecule has 1 N–H and O–H groups in total. The van der Waals surface area contributed by atoms with Crippen molar-refractivity contribution in [2.45, 2.75) is 45.1 Å². The van der Waals surface area contributed by atoms with Gasteiger partial charge in [0.05, 0.1) is 0 Å². The van der Waals surface area contributed by atoms with Gasteiger partial charge in [0.25, 0.3) is 0 Å². The molecule has 0 amide bonds. The van der Waals surface area contributed by atoms with Crippen molar-refractivity contribution in [3.63, 3.8) is 0 Å². The van der Waals surface area contributed by atoms with E-state index in [1.54, 1.807) is 0 Å². The molecule has 0 spiro atoms. The molecule has 4 nitrogen and oxygen atoms in total. The third kappa shape index (κ3) is 8.90. The maximum Gasteiger partial charge on any atom is 0.193 e. The minimum absolute atomic E-state index is 0. The van der Waals surface area contributed by atoms with Crippen LogP contribution in [0.2, 0.25) is 0 Å². The molecule has 2 rings (SSSR count). The van der Waals surface area contributed by atoms with Crippen molar-refractivity contribution in [2.75, 3.05) is 40.3 Å². The Kier molecular flexibility index (Phi) is 11.9. The van der Waals surface area contributed by atoms with E-state index >= 15 is 0 Å². The zero-order chi connectivity index (χ0) is 17.0. The van der Waals surface area contributed by atoms with Crippen LogP contribution in [0.4, 0.5) is 0 Å². The van der Waals surface area contributed by atoms with Gasteiger partial charge in [-0.2, -0.15) is 0 Å². The number of piperidine rings is 1. The monoisotopic (exact) mass is 458 g/mol. The topological polar surface area (TPSA) is 30.9 Å². The van der Waals surface area contributed by atoms with Gasteiger partial charge in [-0.05, 0) is 50.9 Å². The Hall–Kier alpha value is -0.820. The number of likely N-dealkylation sites (tertiary alicyclic amines) is 1. The number of nitrogens with zero attached hydrogens (tertiary/aromatic N) is 3. The summed E-state index contributed by atoms with van der Waals surface area (Å²) in [6.45, 7) is 5.80. The van der Waals surface area contributed by atoms with E-state index in [1.807, 2.05) is 7.05 Å². The number of benzene rings is 1. The van der Waals surface area contributed by atoms with Crippen molar-refractivity contribution in [3.8, 4) is 0 Å². The van der Waals surface area contributed by atoms with Gasteiger partial charge in [0, 0.05) is 27.2 Å². The maximum atomic E-state index is 4.40. The fraction of sp³-hybridized carbons (Fsp3) is 0.650. The van der Waals surface area contributed by atoms with E-state index in [4.69, 9.17) is 0 Å². The summed E-state index contributed by atoms with van der Waals surface area (Å²) in [7, 11) is 3.96. The molecule has 1 aliphatic heterocycles. The summed E-state index contributed by atoms with van der Waals surface area (Å²) in [5, 5.41) is 3.49. The Bertz CT molecular complexity index is 472. The van der Waals surface area contributed by atoms with E-state index in [0.717, 1.165) is 19.0 Å². The van der Waals surface area contributed by atoms with Gasteiger partial charge in [0.2, 0.25) is 0 Å². The van der Waals surface area contributed by atoms with Crippen LogP contribution in [-0.2, 0) is 6.54 Å². The van der Waals surface area contributed by atoms with Crippen molar-refractivity contribution in [1.29, 1.82) is 0 Å². The summed E-state index contributed by atoms with van der Waals surface area (Å²) in [6.07, 6.45) is 8.04. The fourth-order valence-electron chi connectivity index (χ4n) is 3.34. The average molecular weight is 458 g/mol. The number of aliphatic imine (C=N–C) groups is 1. The summed E-state index contributed by atoms with van der Waals surface area (Å²) in [4.78, 5) is 9.21. The zero-order valence-electron chi connectivity index (χ0n) is 15.9. The highest BCUT2D eigenvalue weighted by atomic mass is 127. The molecule has 0 aliphatic carbocycles. The van der Waals surface area contributed by atoms with Crippen LogP contribution >= 0.6 is 24.0 Å². The summed E-state index contributed by atoms with van der Waals surface area (Å²) < 4.78 is 0. The molecule has 142 valence electrons. The van der Waals surface area contributed by atoms with Crippen molar-refractivity contribution in [3.05, 3.63) is 35.9 Å². The van der Waals surface area contributed by atoms with Crippen molar-refractivity contribution >= 4 is 29.9 Å². The third-order valence-corrected chi connectivity index (χ3v) is 4.72. The first-order chi connectivity index (χ1) is 11.8. The van der Waals surface area contributed by atoms with E-state index < -0.39 is 0 Å². The highest BCUT2D eigenvalue weighted by Gasteiger charge is 2.09. The van der Waals surface area contributed by atoms with Gasteiger partial charge < -0.3 is 15.1 Å². The van der Waals surface area contributed by atoms with Gasteiger partial charge in [-0.1, -0.05) is 43.2 Å². The molecule has 1 aliphatic rings. The van der Waals surface area contributed by atoms with Gasteiger partial charge in [-0.15, -0.1) is 24.0 Å². The quantitative estimate of drug-likeness (QED) is 0.277. The largest absolute Gasteiger partial charge is 0.356 e. The first-order valence-corrected chi connectivity index (χ1v) is 9.47. The standard InChI is InChI=1S/C20H34N4.HI/c1-21-20(23(2)18-19-12-6-3-7-13-19)22-14-8-4-9-15-24-16-10-5-11-17-24;/h3,6-7,12-13H,4-5,8-11,14-18H2,1-2H3,(H,21,22);1H. The van der Waals surface area contributed by atoms with Crippen molar-refractivity contribution in [2.24, 2.45) is 4.99 Å². The van der Waals surface area contributed by atoms with Crippen LogP contribution < -0.4 is 5.32 Å². The molecule has 0 atom stereocenters. The third-order valence-electron chi connectivity index (χ3n) is 4.72. The lowest BCUT2D eigenvalue weighted by Gasteiger charge is -2.26. The second kappa shape index (κ2) is 13.4. The normalized spacial score (nSPS) is 15.5. The van der Waals surface area contributed by atoms with Crippen molar-refractivity contribution in [1.82, 2.24) is 15.1 Å². The number of hydrogen-bond acceptors (Lipinski definition) is 2. The van der Waals surface area contributed by atoms with Crippen LogP contribution in [0.1, 0.15) is 44.1 Å². The Labute approximate surface area is 171 Å². The van der Waals surface area contributed by atoms with Crippen LogP contribution in [0.5, 0.6) is 0 Å². The first-order valence-electron chi connectivity index (χ1n) is 9.47. The Morgan fingerprint density at radius 3 is 2.48 bits per heavy atom. The number of unbranched alkanes of at least 4 members (excludes halogenated alkanes) is 2. The van der Waals surface area contributed by atoms with E-state index in [2.05, 4.69) is 57.5 Å². The number of rotatable bonds is 8. The van der Waals surface area contributed by atoms with Crippen LogP contribution in [-0.4, -0.2) is 56.0 Å². The molecule has 1 fully saturated rings. The maximum absolute atomic E-state index is 4.40. The predicted molar refractivity (Wildman–Crippen MR) is 119 cm³/mol. The molecule has 1 saturated heterocycles. The first kappa shape index (κ1) is 22.2. The number of halogens is 1. The molecule has 0 aromatic heterocycles. The zero-order valence-corrected chi connectivity index (χ0v) is 18.2. The Morgan fingerprint density at radius 2 is 1.80 bits per heavy atom. The van der Waals surface area contributed by atoms with Crippen LogP contribution in [0.15, 0.2) is 35.3 Å². The molecule has 5 heteroatoms. The highest BCUT2D eigenvalue weighted by molar-refractivity contribution is 14.0. The molecule has 0 unspecified atom stereocenters. The fourth-order valence-corrected chi connectivity index (χ4v) is 3.34. The summed E-state index contributed by atoms with van der Waals surface area (Å²) in [5.41, 5.74) is 1.31. The van der Waals surface area contributed by atoms with Crippen LogP contribution in [0.25, 0.3) is 0 Å². The Balaban J connectivity index is 0.00000312. The van der Waals surface area contributed by atoms with E-state index in [0.29, 0.717) is 0 Å². The van der Waals surface area contributed by atoms with Gasteiger partial charge in [-0.25, -0.2) is 0 Å². The number of guanidine groups is 1. The number of nitrogens with one attached hydrogen (secondary N) is 1. The van der Waals surface area contributed by atoms with E-state index in [-0.39, 0.29) is 24.0 Å². The lowest BCUT2D eigenvalue weighted by Crippen LogP contribution is -2.38. The minimum Gasteiger partial charge on any atom is -0.356 e. The van der Waals surface area contributed by atoms with E-state index in [9.17, 15) is 0 Å². The van der Waals surface area contributed by atoms with Crippen LogP contribution in [0, 0.1) is 0 Å². The predicted octanol–water partition coefficient (Wildman–Crippen LogP) is 3.97. The Morgan fingerprint density at radius 1 is 1.08 bits per heavy atom. The lowest BCUT2D eigenvalue weighted by molar-refractivity contribution is 0.224. The summed E-state index contributed by atoms with van der Waals surface area (Å²) >= 11 is 0. The van der Waals surface area contributed by atoms with Gasteiger partial charge in [0.1, 0.15) is 0 Å². The smallest absolute Gasteiger partial charge is 0.193 e. The summed E-state index contributed by atoms with van der Waals surface area (Å²) in [6, 6.07) is 10.5. The van der Waals surface area contributed by atoms with Gasteiger partial charge >= 0.3 is 0 Å². The van der Waals surface area contributed by atoms with Gasteiger partial charge in [-0.3, -0.25) is 4.99 Å². The molecule has 1 heterocycles. The van der Waals surface area contributed by atoms with Crippen LogP contribution in [0.3, 0.4) is 0 Å². The second-order valence-corrected chi connectivity index (χ2v) is 6.78. The number of hydrogen-bond donors (Lipinski definition) is 1. The average Bonchev–Trinajstić information content (AvgIpc) is 2.63. The van der Waals surface area contributed by atoms with Crippen molar-refractivity contribution < 1.29 is 0 Å². The highest BCUT2D eigenvalue weighted by Crippen LogP contribution is 2.09. The second-order valence-electron chi connectivity index (χ2n) is 6.78. The molecule has 0 bridgehead atoms. The minimum atomic E-state index is 0. The lowest BCUT2D eigenvalue weighted by atomic mass is 10.1. The molecule has 0 radical (unpaired) electrons.